The van der Waals surface area contributed by atoms with Crippen molar-refractivity contribution in [2.75, 3.05) is 26.7 Å². The van der Waals surface area contributed by atoms with Crippen molar-refractivity contribution in [3.05, 3.63) is 0 Å². The summed E-state index contributed by atoms with van der Waals surface area (Å²) < 4.78 is 0. The minimum atomic E-state index is 0.872. The highest BCUT2D eigenvalue weighted by molar-refractivity contribution is 4.92. The molecule has 0 spiro atoms. The monoisotopic (exact) mass is 210 g/mol. The summed E-state index contributed by atoms with van der Waals surface area (Å²) in [5.41, 5.74) is 0. The van der Waals surface area contributed by atoms with Gasteiger partial charge in [-0.1, -0.05) is 13.8 Å². The normalized spacial score (nSPS) is 39.2. The van der Waals surface area contributed by atoms with Gasteiger partial charge in [-0.05, 0) is 57.2 Å². The smallest absolute Gasteiger partial charge is 0.0133 e. The fourth-order valence-corrected chi connectivity index (χ4v) is 2.86. The van der Waals surface area contributed by atoms with Crippen LogP contribution in [-0.4, -0.2) is 37.6 Å². The van der Waals surface area contributed by atoms with Crippen molar-refractivity contribution in [3.63, 3.8) is 0 Å². The van der Waals surface area contributed by atoms with Gasteiger partial charge in [-0.3, -0.25) is 0 Å². The maximum absolute atomic E-state index is 3.49. The van der Waals surface area contributed by atoms with Gasteiger partial charge >= 0.3 is 0 Å². The Balaban J connectivity index is 1.68. The Hall–Kier alpha value is -0.0800. The minimum absolute atomic E-state index is 0.872. The zero-order chi connectivity index (χ0) is 10.8. The van der Waals surface area contributed by atoms with Crippen molar-refractivity contribution in [1.82, 2.24) is 10.2 Å². The number of rotatable bonds is 6. The second-order valence-electron chi connectivity index (χ2n) is 5.63. The Morgan fingerprint density at radius 1 is 1.27 bits per heavy atom. The summed E-state index contributed by atoms with van der Waals surface area (Å²) in [5.74, 6) is 2.93. The van der Waals surface area contributed by atoms with Crippen LogP contribution in [0.25, 0.3) is 0 Å². The molecule has 0 aliphatic heterocycles. The molecule has 2 rings (SSSR count). The van der Waals surface area contributed by atoms with E-state index in [0.717, 1.165) is 30.3 Å². The van der Waals surface area contributed by atoms with Crippen molar-refractivity contribution in [1.29, 1.82) is 0 Å². The van der Waals surface area contributed by atoms with E-state index in [0.29, 0.717) is 0 Å². The van der Waals surface area contributed by atoms with Crippen LogP contribution < -0.4 is 5.32 Å². The summed E-state index contributed by atoms with van der Waals surface area (Å²) in [7, 11) is 2.33. The molecule has 0 aromatic rings. The van der Waals surface area contributed by atoms with Crippen molar-refractivity contribution in [3.8, 4) is 0 Å². The molecule has 1 N–H and O–H groups in total. The molecule has 0 saturated heterocycles. The Bertz CT molecular complexity index is 205. The summed E-state index contributed by atoms with van der Waals surface area (Å²) in [4.78, 5) is 2.62. The van der Waals surface area contributed by atoms with E-state index in [1.54, 1.807) is 0 Å². The highest BCUT2D eigenvalue weighted by Gasteiger charge is 2.38. The summed E-state index contributed by atoms with van der Waals surface area (Å²) >= 11 is 0. The van der Waals surface area contributed by atoms with E-state index in [4.69, 9.17) is 0 Å². The van der Waals surface area contributed by atoms with Gasteiger partial charge < -0.3 is 10.2 Å². The summed E-state index contributed by atoms with van der Waals surface area (Å²) in [6, 6.07) is 0.872. The molecule has 15 heavy (non-hydrogen) atoms. The molecule has 0 heterocycles. The first-order chi connectivity index (χ1) is 7.22. The van der Waals surface area contributed by atoms with E-state index in [2.05, 4.69) is 31.1 Å². The number of nitrogens with one attached hydrogen (secondary N) is 1. The molecule has 0 aromatic heterocycles. The first-order valence-electron chi connectivity index (χ1n) is 6.63. The number of hydrogen-bond acceptors (Lipinski definition) is 2. The van der Waals surface area contributed by atoms with Gasteiger partial charge in [0.1, 0.15) is 0 Å². The molecule has 0 radical (unpaired) electrons. The molecule has 0 bridgehead atoms. The highest BCUT2D eigenvalue weighted by Crippen LogP contribution is 2.40. The second-order valence-corrected chi connectivity index (χ2v) is 5.63. The third-order valence-electron chi connectivity index (χ3n) is 4.40. The number of nitrogens with zero attached hydrogens (tertiary/aromatic N) is 1. The maximum atomic E-state index is 3.49. The van der Waals surface area contributed by atoms with Gasteiger partial charge in [0.15, 0.2) is 0 Å². The van der Waals surface area contributed by atoms with Gasteiger partial charge in [0.2, 0.25) is 0 Å². The van der Waals surface area contributed by atoms with Crippen LogP contribution >= 0.6 is 0 Å². The third kappa shape index (κ3) is 2.73. The van der Waals surface area contributed by atoms with Crippen LogP contribution in [0.2, 0.25) is 0 Å². The molecule has 2 aliphatic rings. The van der Waals surface area contributed by atoms with Crippen LogP contribution in [0.5, 0.6) is 0 Å². The van der Waals surface area contributed by atoms with Crippen LogP contribution in [0.4, 0.5) is 0 Å². The second kappa shape index (κ2) is 4.84. The van der Waals surface area contributed by atoms with E-state index in [9.17, 15) is 0 Å². The number of hydrogen-bond donors (Lipinski definition) is 1. The van der Waals surface area contributed by atoms with Crippen molar-refractivity contribution in [2.45, 2.75) is 39.2 Å². The van der Waals surface area contributed by atoms with Crippen molar-refractivity contribution >= 4 is 0 Å². The molecular weight excluding hydrogens is 184 g/mol. The molecule has 2 heteroatoms. The average Bonchev–Trinajstić information content (AvgIpc) is 2.80. The fraction of sp³-hybridized carbons (Fsp3) is 1.00. The van der Waals surface area contributed by atoms with Gasteiger partial charge in [0.25, 0.3) is 0 Å². The van der Waals surface area contributed by atoms with Crippen LogP contribution in [0.3, 0.4) is 0 Å². The molecule has 88 valence electrons. The SMILES string of the molecule is CCNCC1CCC1N(C)CC1CC1C. The van der Waals surface area contributed by atoms with Crippen molar-refractivity contribution in [2.24, 2.45) is 17.8 Å². The van der Waals surface area contributed by atoms with E-state index >= 15 is 0 Å². The third-order valence-corrected chi connectivity index (χ3v) is 4.40. The Morgan fingerprint density at radius 3 is 2.47 bits per heavy atom. The quantitative estimate of drug-likeness (QED) is 0.721. The highest BCUT2D eigenvalue weighted by atomic mass is 15.2. The molecule has 4 unspecified atom stereocenters. The average molecular weight is 210 g/mol. The van der Waals surface area contributed by atoms with Gasteiger partial charge in [-0.25, -0.2) is 0 Å². The molecule has 0 aromatic carbocycles. The zero-order valence-corrected chi connectivity index (χ0v) is 10.5. The molecular formula is C13H26N2. The molecule has 2 aliphatic carbocycles. The largest absolute Gasteiger partial charge is 0.317 e. The van der Waals surface area contributed by atoms with Gasteiger partial charge in [-0.15, -0.1) is 0 Å². The van der Waals surface area contributed by atoms with E-state index in [-0.39, 0.29) is 0 Å². The van der Waals surface area contributed by atoms with Gasteiger partial charge in [-0.2, -0.15) is 0 Å². The van der Waals surface area contributed by atoms with Crippen LogP contribution in [-0.2, 0) is 0 Å². The molecule has 0 amide bonds. The van der Waals surface area contributed by atoms with E-state index < -0.39 is 0 Å². The van der Waals surface area contributed by atoms with E-state index in [1.165, 1.54) is 32.4 Å². The lowest BCUT2D eigenvalue weighted by Crippen LogP contribution is -2.49. The summed E-state index contributed by atoms with van der Waals surface area (Å²) in [6.45, 7) is 8.27. The first kappa shape index (κ1) is 11.4. The van der Waals surface area contributed by atoms with Crippen LogP contribution in [0.1, 0.15) is 33.1 Å². The summed E-state index contributed by atoms with van der Waals surface area (Å²) in [6.07, 6.45) is 4.32. The lowest BCUT2D eigenvalue weighted by molar-refractivity contribution is 0.0794. The molecule has 2 nitrogen and oxygen atoms in total. The fourth-order valence-electron chi connectivity index (χ4n) is 2.86. The summed E-state index contributed by atoms with van der Waals surface area (Å²) in [5, 5.41) is 3.49. The van der Waals surface area contributed by atoms with Crippen LogP contribution in [0.15, 0.2) is 0 Å². The Labute approximate surface area is 94.4 Å². The van der Waals surface area contributed by atoms with Gasteiger partial charge in [0.05, 0.1) is 0 Å². The zero-order valence-electron chi connectivity index (χ0n) is 10.5. The molecule has 4 atom stereocenters. The van der Waals surface area contributed by atoms with Crippen molar-refractivity contribution < 1.29 is 0 Å². The first-order valence-corrected chi connectivity index (χ1v) is 6.63. The van der Waals surface area contributed by atoms with Crippen LogP contribution in [0, 0.1) is 17.8 Å². The van der Waals surface area contributed by atoms with E-state index in [1.807, 2.05) is 0 Å². The Kier molecular flexibility index (Phi) is 3.68. The topological polar surface area (TPSA) is 15.3 Å². The molecule has 2 saturated carbocycles. The maximum Gasteiger partial charge on any atom is 0.0133 e. The molecule has 2 fully saturated rings. The Morgan fingerprint density at radius 2 is 2.00 bits per heavy atom. The predicted molar refractivity (Wildman–Crippen MR) is 65.0 cm³/mol. The lowest BCUT2D eigenvalue weighted by atomic mass is 9.78. The standard InChI is InChI=1S/C13H26N2/c1-4-14-8-11-5-6-13(11)15(3)9-12-7-10(12)2/h10-14H,4-9H2,1-3H3. The lowest BCUT2D eigenvalue weighted by Gasteiger charge is -2.43. The predicted octanol–water partition coefficient (Wildman–Crippen LogP) is 1.96. The van der Waals surface area contributed by atoms with Gasteiger partial charge in [0, 0.05) is 12.6 Å². The minimum Gasteiger partial charge on any atom is -0.317 e.